The third-order valence-corrected chi connectivity index (χ3v) is 5.33. The molecule has 0 bridgehead atoms. The van der Waals surface area contributed by atoms with Gasteiger partial charge < -0.3 is 13.9 Å². The van der Waals surface area contributed by atoms with E-state index in [0.717, 1.165) is 4.57 Å². The number of hydrogen-bond donors (Lipinski definition) is 0. The summed E-state index contributed by atoms with van der Waals surface area (Å²) in [6, 6.07) is 0. The number of halogens is 3. The van der Waals surface area contributed by atoms with E-state index < -0.39 is 29.2 Å². The van der Waals surface area contributed by atoms with Gasteiger partial charge >= 0.3 is 17.8 Å². The van der Waals surface area contributed by atoms with Gasteiger partial charge in [0.05, 0.1) is 12.2 Å². The van der Waals surface area contributed by atoms with Crippen LogP contribution in [0.25, 0.3) is 11.2 Å². The molecule has 0 spiro atoms. The highest BCUT2D eigenvalue weighted by Gasteiger charge is 2.39. The summed E-state index contributed by atoms with van der Waals surface area (Å²) >= 11 is 0. The van der Waals surface area contributed by atoms with Gasteiger partial charge in [0.2, 0.25) is 11.8 Å². The van der Waals surface area contributed by atoms with Gasteiger partial charge in [-0.1, -0.05) is 0 Å². The molecule has 1 aliphatic heterocycles. The molecule has 4 heterocycles. The molecule has 3 aromatic rings. The molecule has 1 aliphatic rings. The Morgan fingerprint density at radius 3 is 2.65 bits per heavy atom. The predicted molar refractivity (Wildman–Crippen MR) is 98.1 cm³/mol. The lowest BCUT2D eigenvalue weighted by molar-refractivity contribution is -0.157. The lowest BCUT2D eigenvalue weighted by atomic mass is 9.98. The van der Waals surface area contributed by atoms with Crippen molar-refractivity contribution in [3.8, 4) is 0 Å². The fraction of sp³-hybridized carbons (Fsp3) is 0.529. The highest BCUT2D eigenvalue weighted by molar-refractivity contribution is 5.79. The van der Waals surface area contributed by atoms with Crippen LogP contribution in [0.4, 0.5) is 13.2 Å². The average molecular weight is 441 g/mol. The second kappa shape index (κ2) is 7.35. The number of hydrogen-bond acceptors (Lipinski definition) is 7. The van der Waals surface area contributed by atoms with Crippen LogP contribution in [0.15, 0.2) is 20.3 Å². The highest BCUT2D eigenvalue weighted by Crippen LogP contribution is 2.32. The third-order valence-electron chi connectivity index (χ3n) is 5.33. The number of imidazole rings is 1. The second-order valence-corrected chi connectivity index (χ2v) is 7.37. The molecule has 0 radical (unpaired) electrons. The standard InChI is InChI=1S/C17H18F3N7O4/c1-24-12-11(14(29)25(2)16(24)30)27(8-21-12)7-10(28)26-5-3-4-9(6-26)13-22-23-15(31-13)17(18,19)20/h8-9H,3-7H2,1-2H3. The first-order valence-electron chi connectivity index (χ1n) is 9.37. The van der Waals surface area contributed by atoms with E-state index in [0.29, 0.717) is 19.4 Å². The Hall–Kier alpha value is -3.45. The quantitative estimate of drug-likeness (QED) is 0.571. The minimum Gasteiger partial charge on any atom is -0.417 e. The van der Waals surface area contributed by atoms with Gasteiger partial charge in [0.25, 0.3) is 5.56 Å². The molecule has 0 aromatic carbocycles. The number of amides is 1. The smallest absolute Gasteiger partial charge is 0.417 e. The number of aryl methyl sites for hydroxylation is 1. The Bertz CT molecular complexity index is 1270. The molecule has 31 heavy (non-hydrogen) atoms. The zero-order valence-corrected chi connectivity index (χ0v) is 16.6. The summed E-state index contributed by atoms with van der Waals surface area (Å²) in [5.41, 5.74) is -0.850. The van der Waals surface area contributed by atoms with Crippen molar-refractivity contribution in [2.24, 2.45) is 14.1 Å². The van der Waals surface area contributed by atoms with Crippen LogP contribution < -0.4 is 11.2 Å². The summed E-state index contributed by atoms with van der Waals surface area (Å²) in [4.78, 5) is 42.9. The molecule has 1 unspecified atom stereocenters. The molecule has 11 nitrogen and oxygen atoms in total. The number of nitrogens with zero attached hydrogens (tertiary/aromatic N) is 7. The minimum absolute atomic E-state index is 0.109. The normalized spacial score (nSPS) is 17.5. The van der Waals surface area contributed by atoms with Crippen molar-refractivity contribution in [2.75, 3.05) is 13.1 Å². The maximum atomic E-state index is 12.9. The molecule has 1 fully saturated rings. The van der Waals surface area contributed by atoms with Crippen molar-refractivity contribution in [2.45, 2.75) is 31.5 Å². The summed E-state index contributed by atoms with van der Waals surface area (Å²) in [6.07, 6.45) is -2.39. The zero-order valence-electron chi connectivity index (χ0n) is 16.6. The van der Waals surface area contributed by atoms with Gasteiger partial charge in [-0.25, -0.2) is 9.78 Å². The Kier molecular flexibility index (Phi) is 4.94. The number of piperidine rings is 1. The number of likely N-dealkylation sites (tertiary alicyclic amines) is 1. The lowest BCUT2D eigenvalue weighted by Crippen LogP contribution is -2.41. The number of fused-ring (bicyclic) bond motifs is 1. The largest absolute Gasteiger partial charge is 0.470 e. The predicted octanol–water partition coefficient (Wildman–Crippen LogP) is 0.242. The third kappa shape index (κ3) is 3.61. The van der Waals surface area contributed by atoms with E-state index in [2.05, 4.69) is 15.2 Å². The van der Waals surface area contributed by atoms with E-state index in [1.807, 2.05) is 0 Å². The van der Waals surface area contributed by atoms with Crippen LogP contribution >= 0.6 is 0 Å². The maximum Gasteiger partial charge on any atom is 0.470 e. The summed E-state index contributed by atoms with van der Waals surface area (Å²) in [5, 5.41) is 6.53. The molecule has 0 saturated carbocycles. The molecular formula is C17H18F3N7O4. The van der Waals surface area contributed by atoms with Crippen LogP contribution in [0.2, 0.25) is 0 Å². The molecule has 4 rings (SSSR count). The van der Waals surface area contributed by atoms with E-state index in [-0.39, 0.29) is 36.1 Å². The number of carbonyl (C=O) groups is 1. The van der Waals surface area contributed by atoms with Crippen molar-refractivity contribution in [1.82, 2.24) is 33.8 Å². The number of alkyl halides is 3. The van der Waals surface area contributed by atoms with Crippen LogP contribution in [0.5, 0.6) is 0 Å². The zero-order chi connectivity index (χ0) is 22.5. The van der Waals surface area contributed by atoms with Crippen molar-refractivity contribution in [3.63, 3.8) is 0 Å². The van der Waals surface area contributed by atoms with Crippen LogP contribution in [0.1, 0.15) is 30.5 Å². The number of rotatable bonds is 3. The van der Waals surface area contributed by atoms with Crippen molar-refractivity contribution < 1.29 is 22.4 Å². The van der Waals surface area contributed by atoms with Gasteiger partial charge in [-0.05, 0) is 12.8 Å². The minimum atomic E-state index is -4.73. The fourth-order valence-corrected chi connectivity index (χ4v) is 3.68. The van der Waals surface area contributed by atoms with Gasteiger partial charge in [-0.2, -0.15) is 13.2 Å². The first-order valence-corrected chi connectivity index (χ1v) is 9.37. The van der Waals surface area contributed by atoms with E-state index >= 15 is 0 Å². The van der Waals surface area contributed by atoms with Gasteiger partial charge in [-0.15, -0.1) is 10.2 Å². The molecule has 14 heteroatoms. The molecule has 1 saturated heterocycles. The highest BCUT2D eigenvalue weighted by atomic mass is 19.4. The maximum absolute atomic E-state index is 12.9. The van der Waals surface area contributed by atoms with Crippen LogP contribution in [-0.4, -0.2) is 52.8 Å². The van der Waals surface area contributed by atoms with E-state index in [1.54, 1.807) is 0 Å². The van der Waals surface area contributed by atoms with Crippen LogP contribution in [-0.2, 0) is 31.6 Å². The van der Waals surface area contributed by atoms with Crippen molar-refractivity contribution in [1.29, 1.82) is 0 Å². The molecule has 1 atom stereocenters. The SMILES string of the molecule is Cn1c(=O)c2c(ncn2CC(=O)N2CCCC(c3nnc(C(F)(F)F)o3)C2)n(C)c1=O. The monoisotopic (exact) mass is 441 g/mol. The Morgan fingerprint density at radius 2 is 1.97 bits per heavy atom. The van der Waals surface area contributed by atoms with Gasteiger partial charge in [0.15, 0.2) is 11.2 Å². The lowest BCUT2D eigenvalue weighted by Gasteiger charge is -2.31. The Balaban J connectivity index is 1.55. The summed E-state index contributed by atoms with van der Waals surface area (Å²) in [7, 11) is 2.80. The van der Waals surface area contributed by atoms with Gasteiger partial charge in [0, 0.05) is 27.2 Å². The number of aromatic nitrogens is 6. The van der Waals surface area contributed by atoms with E-state index in [1.165, 1.54) is 34.5 Å². The van der Waals surface area contributed by atoms with Crippen molar-refractivity contribution >= 4 is 17.1 Å². The molecule has 1 amide bonds. The Labute approximate surface area is 171 Å². The fourth-order valence-electron chi connectivity index (χ4n) is 3.68. The molecule has 0 N–H and O–H groups in total. The molecule has 166 valence electrons. The van der Waals surface area contributed by atoms with E-state index in [9.17, 15) is 27.6 Å². The molecular weight excluding hydrogens is 423 g/mol. The summed E-state index contributed by atoms with van der Waals surface area (Å²) in [5.74, 6) is -2.45. The summed E-state index contributed by atoms with van der Waals surface area (Å²) in [6.45, 7) is 0.300. The van der Waals surface area contributed by atoms with Crippen molar-refractivity contribution in [3.05, 3.63) is 38.9 Å². The summed E-state index contributed by atoms with van der Waals surface area (Å²) < 4.78 is 46.4. The van der Waals surface area contributed by atoms with E-state index in [4.69, 9.17) is 4.42 Å². The molecule has 0 aliphatic carbocycles. The first kappa shape index (κ1) is 20.8. The van der Waals surface area contributed by atoms with Gasteiger partial charge in [-0.3, -0.25) is 18.7 Å². The van der Waals surface area contributed by atoms with Gasteiger partial charge in [0.1, 0.15) is 6.54 Å². The molecule has 3 aromatic heterocycles. The average Bonchev–Trinajstić information content (AvgIpc) is 3.38. The topological polar surface area (TPSA) is 121 Å². The van der Waals surface area contributed by atoms with Crippen LogP contribution in [0.3, 0.4) is 0 Å². The second-order valence-electron chi connectivity index (χ2n) is 7.37. The Morgan fingerprint density at radius 1 is 1.23 bits per heavy atom. The number of carbonyl (C=O) groups excluding carboxylic acids is 1. The van der Waals surface area contributed by atoms with Crippen LogP contribution in [0, 0.1) is 0 Å². The first-order chi connectivity index (χ1) is 14.6.